The Balaban J connectivity index is 2.16. The van der Waals surface area contributed by atoms with E-state index in [4.69, 9.17) is 0 Å². The molecule has 182 valence electrons. The number of benzene rings is 1. The Kier molecular flexibility index (Phi) is 12.8. The molecule has 0 spiro atoms. The molecular formula is C25H44BrN5O. The molecule has 1 amide bonds. The normalized spacial score (nSPS) is 21.1. The van der Waals surface area contributed by atoms with Crippen LogP contribution in [0.25, 0.3) is 0 Å². The molecule has 1 N–H and O–H groups in total. The van der Waals surface area contributed by atoms with Crippen LogP contribution in [-0.2, 0) is 11.2 Å². The SMILES string of the molecule is CCN1CCN(CC)CCN(CC)C(Cc2ccc(NC(=O)CBr)cc2)CN(CC)CC1. The first kappa shape index (κ1) is 27.3. The lowest BCUT2D eigenvalue weighted by Gasteiger charge is -2.38. The second-order valence-electron chi connectivity index (χ2n) is 8.63. The number of halogens is 1. The van der Waals surface area contributed by atoms with Crippen LogP contribution in [-0.4, -0.2) is 109 Å². The standard InChI is InChI=1S/C25H44BrN5O/c1-5-28-13-14-29(6-2)17-18-31(8-4)24(21-30(7-3)16-15-28)19-22-9-11-23(12-10-22)27-25(32)20-26/h9-12,24H,5-8,13-21H2,1-4H3,(H,27,32). The van der Waals surface area contributed by atoms with Gasteiger partial charge in [-0.3, -0.25) is 9.69 Å². The molecule has 7 heteroatoms. The van der Waals surface area contributed by atoms with Gasteiger partial charge < -0.3 is 20.0 Å². The van der Waals surface area contributed by atoms with Crippen LogP contribution in [0.1, 0.15) is 33.3 Å². The van der Waals surface area contributed by atoms with Crippen LogP contribution in [0.4, 0.5) is 5.69 Å². The fraction of sp³-hybridized carbons (Fsp3) is 0.720. The summed E-state index contributed by atoms with van der Waals surface area (Å²) in [5.74, 6) is -0.0191. The first-order chi connectivity index (χ1) is 15.5. The highest BCUT2D eigenvalue weighted by Gasteiger charge is 2.22. The largest absolute Gasteiger partial charge is 0.325 e. The van der Waals surface area contributed by atoms with Gasteiger partial charge in [0.2, 0.25) is 5.91 Å². The Morgan fingerprint density at radius 1 is 0.844 bits per heavy atom. The predicted octanol–water partition coefficient (Wildman–Crippen LogP) is 3.23. The van der Waals surface area contributed by atoms with Crippen molar-refractivity contribution in [2.24, 2.45) is 0 Å². The smallest absolute Gasteiger partial charge is 0.235 e. The molecule has 1 saturated heterocycles. The third kappa shape index (κ3) is 9.10. The molecule has 6 nitrogen and oxygen atoms in total. The highest BCUT2D eigenvalue weighted by molar-refractivity contribution is 9.09. The number of carbonyl (C=O) groups is 1. The second kappa shape index (κ2) is 15.0. The molecule has 0 radical (unpaired) electrons. The summed E-state index contributed by atoms with van der Waals surface area (Å²) in [5, 5.41) is 3.23. The highest BCUT2D eigenvalue weighted by atomic mass is 79.9. The minimum atomic E-state index is -0.0191. The summed E-state index contributed by atoms with van der Waals surface area (Å²) in [6.07, 6.45) is 1.03. The fourth-order valence-corrected chi connectivity index (χ4v) is 4.61. The third-order valence-electron chi connectivity index (χ3n) is 6.73. The van der Waals surface area contributed by atoms with Crippen LogP contribution >= 0.6 is 15.9 Å². The Morgan fingerprint density at radius 3 is 1.88 bits per heavy atom. The number of alkyl halides is 1. The lowest BCUT2D eigenvalue weighted by atomic mass is 10.0. The quantitative estimate of drug-likeness (QED) is 0.544. The zero-order valence-corrected chi connectivity index (χ0v) is 22.2. The van der Waals surface area contributed by atoms with E-state index in [0.29, 0.717) is 11.4 Å². The van der Waals surface area contributed by atoms with E-state index in [-0.39, 0.29) is 5.91 Å². The number of amides is 1. The third-order valence-corrected chi connectivity index (χ3v) is 7.24. The van der Waals surface area contributed by atoms with E-state index in [1.807, 2.05) is 12.1 Å². The summed E-state index contributed by atoms with van der Waals surface area (Å²) in [5.41, 5.74) is 2.19. The van der Waals surface area contributed by atoms with Crippen molar-refractivity contribution in [3.05, 3.63) is 29.8 Å². The molecule has 1 fully saturated rings. The van der Waals surface area contributed by atoms with Gasteiger partial charge in [0.25, 0.3) is 0 Å². The topological polar surface area (TPSA) is 42.1 Å². The number of rotatable bonds is 8. The second-order valence-corrected chi connectivity index (χ2v) is 9.19. The maximum absolute atomic E-state index is 11.6. The minimum absolute atomic E-state index is 0.0191. The van der Waals surface area contributed by atoms with Crippen molar-refractivity contribution in [3.63, 3.8) is 0 Å². The van der Waals surface area contributed by atoms with Gasteiger partial charge in [0, 0.05) is 57.5 Å². The van der Waals surface area contributed by atoms with Crippen molar-refractivity contribution in [1.82, 2.24) is 19.6 Å². The summed E-state index contributed by atoms with van der Waals surface area (Å²) in [7, 11) is 0. The predicted molar refractivity (Wildman–Crippen MR) is 140 cm³/mol. The van der Waals surface area contributed by atoms with E-state index in [2.05, 4.69) is 80.7 Å². The van der Waals surface area contributed by atoms with Crippen LogP contribution in [0.15, 0.2) is 24.3 Å². The highest BCUT2D eigenvalue weighted by Crippen LogP contribution is 2.16. The number of hydrogen-bond donors (Lipinski definition) is 1. The zero-order chi connectivity index (χ0) is 23.3. The fourth-order valence-electron chi connectivity index (χ4n) is 4.47. The molecule has 0 saturated carbocycles. The van der Waals surface area contributed by atoms with Crippen LogP contribution in [0, 0.1) is 0 Å². The van der Waals surface area contributed by atoms with Crippen LogP contribution < -0.4 is 5.32 Å². The van der Waals surface area contributed by atoms with Crippen molar-refractivity contribution < 1.29 is 4.79 Å². The van der Waals surface area contributed by atoms with Gasteiger partial charge >= 0.3 is 0 Å². The number of nitrogens with zero attached hydrogens (tertiary/aromatic N) is 4. The maximum Gasteiger partial charge on any atom is 0.235 e. The molecule has 1 aromatic carbocycles. The zero-order valence-electron chi connectivity index (χ0n) is 20.7. The van der Waals surface area contributed by atoms with E-state index in [1.54, 1.807) is 0 Å². The van der Waals surface area contributed by atoms with Crippen LogP contribution in [0.3, 0.4) is 0 Å². The van der Waals surface area contributed by atoms with Gasteiger partial charge in [0.05, 0.1) is 5.33 Å². The average Bonchev–Trinajstić information content (AvgIpc) is 2.81. The van der Waals surface area contributed by atoms with E-state index in [0.717, 1.165) is 84.1 Å². The van der Waals surface area contributed by atoms with Crippen LogP contribution in [0.5, 0.6) is 0 Å². The van der Waals surface area contributed by atoms with Crippen molar-refractivity contribution in [2.45, 2.75) is 40.2 Å². The van der Waals surface area contributed by atoms with Crippen molar-refractivity contribution in [2.75, 3.05) is 82.6 Å². The Morgan fingerprint density at radius 2 is 1.38 bits per heavy atom. The Hall–Kier alpha value is -0.990. The van der Waals surface area contributed by atoms with Gasteiger partial charge in [-0.1, -0.05) is 55.8 Å². The average molecular weight is 511 g/mol. The van der Waals surface area contributed by atoms with Gasteiger partial charge in [0.15, 0.2) is 0 Å². The number of hydrogen-bond acceptors (Lipinski definition) is 5. The van der Waals surface area contributed by atoms with Crippen LogP contribution in [0.2, 0.25) is 0 Å². The van der Waals surface area contributed by atoms with Gasteiger partial charge in [-0.2, -0.15) is 0 Å². The van der Waals surface area contributed by atoms with E-state index >= 15 is 0 Å². The molecule has 0 bridgehead atoms. The summed E-state index contributed by atoms with van der Waals surface area (Å²) < 4.78 is 0. The first-order valence-electron chi connectivity index (χ1n) is 12.4. The van der Waals surface area contributed by atoms with Gasteiger partial charge in [0.1, 0.15) is 0 Å². The molecule has 0 aromatic heterocycles. The van der Waals surface area contributed by atoms with Crippen molar-refractivity contribution in [3.8, 4) is 0 Å². The molecule has 0 aliphatic carbocycles. The monoisotopic (exact) mass is 509 g/mol. The molecule has 1 atom stereocenters. The molecule has 32 heavy (non-hydrogen) atoms. The van der Waals surface area contributed by atoms with E-state index in [1.165, 1.54) is 5.56 Å². The van der Waals surface area contributed by atoms with Gasteiger partial charge in [-0.05, 0) is 50.3 Å². The minimum Gasteiger partial charge on any atom is -0.325 e. The van der Waals surface area contributed by atoms with Gasteiger partial charge in [-0.25, -0.2) is 0 Å². The number of likely N-dealkylation sites (N-methyl/N-ethyl adjacent to an activating group) is 4. The number of nitrogens with one attached hydrogen (secondary N) is 1. The number of anilines is 1. The Labute approximate surface area is 204 Å². The summed E-state index contributed by atoms with van der Waals surface area (Å²) in [6.45, 7) is 21.5. The molecule has 1 heterocycles. The molecule has 2 rings (SSSR count). The van der Waals surface area contributed by atoms with E-state index < -0.39 is 0 Å². The summed E-state index contributed by atoms with van der Waals surface area (Å²) >= 11 is 3.20. The Bertz CT molecular complexity index is 656. The van der Waals surface area contributed by atoms with Gasteiger partial charge in [-0.15, -0.1) is 0 Å². The van der Waals surface area contributed by atoms with Crippen molar-refractivity contribution in [1.29, 1.82) is 0 Å². The number of carbonyl (C=O) groups excluding carboxylic acids is 1. The molecular weight excluding hydrogens is 466 g/mol. The lowest BCUT2D eigenvalue weighted by Crippen LogP contribution is -2.50. The first-order valence-corrected chi connectivity index (χ1v) is 13.5. The molecule has 1 aliphatic rings. The van der Waals surface area contributed by atoms with E-state index in [9.17, 15) is 4.79 Å². The summed E-state index contributed by atoms with van der Waals surface area (Å²) in [6, 6.07) is 8.87. The summed E-state index contributed by atoms with van der Waals surface area (Å²) in [4.78, 5) is 22.1. The lowest BCUT2D eigenvalue weighted by molar-refractivity contribution is -0.113. The molecule has 1 aromatic rings. The molecule has 1 aliphatic heterocycles. The maximum atomic E-state index is 11.6. The van der Waals surface area contributed by atoms with Crippen molar-refractivity contribution >= 4 is 27.5 Å². The molecule has 1 unspecified atom stereocenters.